The van der Waals surface area contributed by atoms with E-state index in [9.17, 15) is 10.1 Å². The Kier molecular flexibility index (Phi) is 4.95. The lowest BCUT2D eigenvalue weighted by Crippen LogP contribution is -2.79. The van der Waals surface area contributed by atoms with E-state index in [4.69, 9.17) is 0 Å². The molecule has 26 heavy (non-hydrogen) atoms. The summed E-state index contributed by atoms with van der Waals surface area (Å²) in [6.07, 6.45) is 2.05. The van der Waals surface area contributed by atoms with Gasteiger partial charge in [0.1, 0.15) is 12.2 Å². The first-order valence-corrected chi connectivity index (χ1v) is 8.37. The number of quaternary nitrogens is 1. The van der Waals surface area contributed by atoms with Crippen molar-refractivity contribution in [1.29, 1.82) is 0 Å². The van der Waals surface area contributed by atoms with E-state index in [1.54, 1.807) is 16.8 Å². The van der Waals surface area contributed by atoms with Crippen molar-refractivity contribution in [1.82, 2.24) is 9.78 Å². The minimum absolute atomic E-state index is 0.0556. The third-order valence-electron chi connectivity index (χ3n) is 4.39. The highest BCUT2D eigenvalue weighted by atomic mass is 16.6. The third kappa shape index (κ3) is 3.55. The molecular formula is C20H21N4O2+. The molecule has 3 rings (SSSR count). The molecule has 0 spiro atoms. The van der Waals surface area contributed by atoms with E-state index in [-0.39, 0.29) is 11.7 Å². The molecule has 1 atom stereocenters. The summed E-state index contributed by atoms with van der Waals surface area (Å²) in [5.74, 6) is 0. The Morgan fingerprint density at radius 1 is 1.19 bits per heavy atom. The fourth-order valence-corrected chi connectivity index (χ4v) is 2.84. The molecule has 0 radical (unpaired) electrons. The van der Waals surface area contributed by atoms with Crippen LogP contribution in [0, 0.1) is 17.0 Å². The third-order valence-corrected chi connectivity index (χ3v) is 4.39. The second-order valence-electron chi connectivity index (χ2n) is 6.19. The van der Waals surface area contributed by atoms with Crippen molar-refractivity contribution in [2.24, 2.45) is 0 Å². The summed E-state index contributed by atoms with van der Waals surface area (Å²) in [6.45, 7) is 8.22. The molecule has 0 saturated heterocycles. The number of aryl methyl sites for hydroxylation is 1. The van der Waals surface area contributed by atoms with Gasteiger partial charge in [-0.3, -0.25) is 10.1 Å². The lowest BCUT2D eigenvalue weighted by Gasteiger charge is -2.06. The maximum Gasteiger partial charge on any atom is 0.269 e. The number of nitro benzene ring substituents is 1. The average molecular weight is 349 g/mol. The van der Waals surface area contributed by atoms with Gasteiger partial charge in [0, 0.05) is 17.7 Å². The summed E-state index contributed by atoms with van der Waals surface area (Å²) < 4.78 is 1.71. The fourth-order valence-electron chi connectivity index (χ4n) is 2.84. The maximum atomic E-state index is 10.8. The van der Waals surface area contributed by atoms with Gasteiger partial charge in [-0.15, -0.1) is 0 Å². The normalized spacial score (nSPS) is 12.9. The average Bonchev–Trinajstić information content (AvgIpc) is 2.94. The van der Waals surface area contributed by atoms with Crippen LogP contribution in [0.4, 0.5) is 5.69 Å². The van der Waals surface area contributed by atoms with Crippen molar-refractivity contribution in [3.8, 4) is 5.69 Å². The molecule has 0 saturated carbocycles. The molecule has 0 fully saturated rings. The van der Waals surface area contributed by atoms with Crippen LogP contribution in [-0.2, 0) is 0 Å². The number of non-ortho nitro benzene ring substituents is 1. The van der Waals surface area contributed by atoms with Crippen LogP contribution in [0.2, 0.25) is 0 Å². The first-order valence-electron chi connectivity index (χ1n) is 8.37. The molecule has 0 bridgehead atoms. The van der Waals surface area contributed by atoms with Crippen molar-refractivity contribution in [3.05, 3.63) is 86.5 Å². The van der Waals surface area contributed by atoms with E-state index in [0.717, 1.165) is 21.9 Å². The number of hydrogen-bond donors (Lipinski definition) is 1. The smallest absolute Gasteiger partial charge is 0.269 e. The topological polar surface area (TPSA) is 77.6 Å². The zero-order valence-electron chi connectivity index (χ0n) is 14.8. The number of hydrogen-bond acceptors (Lipinski definition) is 3. The summed E-state index contributed by atoms with van der Waals surface area (Å²) >= 11 is 0. The minimum atomic E-state index is -0.414. The van der Waals surface area contributed by atoms with E-state index in [1.165, 1.54) is 17.7 Å². The van der Waals surface area contributed by atoms with Crippen molar-refractivity contribution in [2.75, 3.05) is 0 Å². The highest BCUT2D eigenvalue weighted by molar-refractivity contribution is 5.41. The molecule has 2 N–H and O–H groups in total. The van der Waals surface area contributed by atoms with Crippen LogP contribution < -0.4 is 15.9 Å². The van der Waals surface area contributed by atoms with Crippen LogP contribution >= 0.6 is 0 Å². The quantitative estimate of drug-likeness (QED) is 0.561. The van der Waals surface area contributed by atoms with Crippen LogP contribution in [0.5, 0.6) is 0 Å². The van der Waals surface area contributed by atoms with E-state index >= 15 is 0 Å². The van der Waals surface area contributed by atoms with Gasteiger partial charge in [-0.1, -0.05) is 36.9 Å². The van der Waals surface area contributed by atoms with E-state index < -0.39 is 4.92 Å². The summed E-state index contributed by atoms with van der Waals surface area (Å²) in [4.78, 5) is 10.4. The molecule has 132 valence electrons. The second kappa shape index (κ2) is 7.33. The Bertz CT molecular complexity index is 1020. The summed E-state index contributed by atoms with van der Waals surface area (Å²) in [7, 11) is 0. The molecular weight excluding hydrogens is 328 g/mol. The summed E-state index contributed by atoms with van der Waals surface area (Å²) in [5, 5.41) is 19.2. The Morgan fingerprint density at radius 3 is 2.46 bits per heavy atom. The number of nitro groups is 1. The van der Waals surface area contributed by atoms with Crippen LogP contribution in [0.15, 0.2) is 54.6 Å². The summed E-state index contributed by atoms with van der Waals surface area (Å²) in [5.41, 5.74) is 2.92. The van der Waals surface area contributed by atoms with Crippen LogP contribution in [-0.4, -0.2) is 14.7 Å². The van der Waals surface area contributed by atoms with Crippen molar-refractivity contribution < 1.29 is 10.2 Å². The van der Waals surface area contributed by atoms with Gasteiger partial charge in [0.2, 0.25) is 0 Å². The zero-order chi connectivity index (χ0) is 18.7. The molecule has 0 unspecified atom stereocenters. The Labute approximate surface area is 151 Å². The largest absolute Gasteiger partial charge is 0.313 e. The minimum Gasteiger partial charge on any atom is -0.313 e. The predicted molar refractivity (Wildman–Crippen MR) is 101 cm³/mol. The molecule has 1 aromatic heterocycles. The van der Waals surface area contributed by atoms with Gasteiger partial charge in [0.25, 0.3) is 5.69 Å². The number of nitrogens with two attached hydrogens (primary N) is 1. The van der Waals surface area contributed by atoms with Crippen molar-refractivity contribution >= 4 is 18.5 Å². The SMILES string of the molecule is C=c1/c(=C\[NH2+][C@@H](C)c2ccccc2)c(C)nn1-c1ccc([N+](=O)[O-])cc1. The number of aromatic nitrogens is 2. The van der Waals surface area contributed by atoms with E-state index in [2.05, 4.69) is 36.1 Å². The highest BCUT2D eigenvalue weighted by Crippen LogP contribution is 2.13. The molecule has 6 nitrogen and oxygen atoms in total. The molecule has 6 heteroatoms. The molecule has 0 aliphatic carbocycles. The number of rotatable bonds is 5. The van der Waals surface area contributed by atoms with Crippen molar-refractivity contribution in [3.63, 3.8) is 0 Å². The van der Waals surface area contributed by atoms with Gasteiger partial charge in [0.05, 0.1) is 26.9 Å². The van der Waals surface area contributed by atoms with Gasteiger partial charge in [-0.2, -0.15) is 5.10 Å². The van der Waals surface area contributed by atoms with Crippen LogP contribution in [0.25, 0.3) is 18.5 Å². The first kappa shape index (κ1) is 17.6. The number of benzene rings is 2. The summed E-state index contributed by atoms with van der Waals surface area (Å²) in [6, 6.07) is 16.9. The van der Waals surface area contributed by atoms with Crippen LogP contribution in [0.1, 0.15) is 24.2 Å². The van der Waals surface area contributed by atoms with Gasteiger partial charge in [-0.25, -0.2) is 4.68 Å². The first-order chi connectivity index (χ1) is 12.5. The van der Waals surface area contributed by atoms with Crippen LogP contribution in [0.3, 0.4) is 0 Å². The Hall–Kier alpha value is -3.25. The maximum absolute atomic E-state index is 10.8. The lowest BCUT2D eigenvalue weighted by molar-refractivity contribution is -0.596. The molecule has 1 heterocycles. The van der Waals surface area contributed by atoms with Gasteiger partial charge < -0.3 is 5.32 Å². The monoisotopic (exact) mass is 349 g/mol. The Morgan fingerprint density at radius 2 is 1.85 bits per heavy atom. The van der Waals surface area contributed by atoms with E-state index in [0.29, 0.717) is 0 Å². The highest BCUT2D eigenvalue weighted by Gasteiger charge is 2.10. The number of nitrogens with zero attached hydrogens (tertiary/aromatic N) is 3. The Balaban J connectivity index is 1.90. The van der Waals surface area contributed by atoms with Crippen molar-refractivity contribution in [2.45, 2.75) is 19.9 Å². The van der Waals surface area contributed by atoms with E-state index in [1.807, 2.05) is 31.3 Å². The second-order valence-corrected chi connectivity index (χ2v) is 6.19. The standard InChI is InChI=1S/C20H20N4O2/c1-14(17-7-5-4-6-8-17)21-13-20-15(2)22-23(16(20)3)18-9-11-19(12-10-18)24(25)26/h4-14,21H,3H2,1-2H3/p+1/b20-13-/t14-/m0/s1. The van der Waals surface area contributed by atoms with Gasteiger partial charge in [0.15, 0.2) is 0 Å². The molecule has 0 amide bonds. The lowest BCUT2D eigenvalue weighted by atomic mass is 10.1. The molecule has 0 aliphatic heterocycles. The zero-order valence-corrected chi connectivity index (χ0v) is 14.8. The van der Waals surface area contributed by atoms with Gasteiger partial charge >= 0.3 is 0 Å². The molecule has 2 aromatic carbocycles. The predicted octanol–water partition coefficient (Wildman–Crippen LogP) is 1.56. The fraction of sp³-hybridized carbons (Fsp3) is 0.150. The molecule has 0 aliphatic rings. The molecule has 3 aromatic rings. The van der Waals surface area contributed by atoms with Gasteiger partial charge in [-0.05, 0) is 26.0 Å².